The maximum atomic E-state index is 12.0. The standard InChI is InChI=1S/C21H32ClN5O9P2/c1-20(2)10-4-5-21(20,3)12(6-10)24-16-13-17(26-19(22)25-16)27(8-23-13)18-15(29)14(28)11(36-18)7-35-38(33,34)9-37(30,31)32/h8,10-12,14-15,18,28-29H,4-7,9H2,1-3H3,(H,33,34)(H,24,25,26)(H2,30,31,32)/t10-,11-,12?,14?,15+,18-,21+/m1/s1. The maximum absolute atomic E-state index is 12.0. The van der Waals surface area contributed by atoms with Crippen molar-refractivity contribution in [2.24, 2.45) is 16.7 Å². The van der Waals surface area contributed by atoms with E-state index in [1.165, 1.54) is 17.3 Å². The Morgan fingerprint density at radius 3 is 2.53 bits per heavy atom. The number of rotatable bonds is 8. The molecule has 3 unspecified atom stereocenters. The van der Waals surface area contributed by atoms with Gasteiger partial charge in [0.2, 0.25) is 5.28 Å². The summed E-state index contributed by atoms with van der Waals surface area (Å²) in [6.07, 6.45) is -0.903. The van der Waals surface area contributed by atoms with Crippen LogP contribution < -0.4 is 5.32 Å². The molecule has 38 heavy (non-hydrogen) atoms. The van der Waals surface area contributed by atoms with Crippen molar-refractivity contribution < 1.29 is 43.3 Å². The molecule has 2 aromatic rings. The predicted octanol–water partition coefficient (Wildman–Crippen LogP) is 2.06. The van der Waals surface area contributed by atoms with Gasteiger partial charge in [-0.1, -0.05) is 20.8 Å². The zero-order valence-electron chi connectivity index (χ0n) is 21.0. The van der Waals surface area contributed by atoms with E-state index in [1.54, 1.807) is 0 Å². The first-order valence-corrected chi connectivity index (χ1v) is 16.2. The molecular formula is C21H32ClN5O9P2. The lowest BCUT2D eigenvalue weighted by Gasteiger charge is -2.39. The van der Waals surface area contributed by atoms with Crippen LogP contribution in [-0.4, -0.2) is 81.3 Å². The van der Waals surface area contributed by atoms with Crippen molar-refractivity contribution in [1.29, 1.82) is 0 Å². The average molecular weight is 596 g/mol. The van der Waals surface area contributed by atoms with E-state index < -0.39 is 52.2 Å². The summed E-state index contributed by atoms with van der Waals surface area (Å²) in [6, 6.07) is 0.148. The van der Waals surface area contributed by atoms with E-state index in [2.05, 4.69) is 41.0 Å². The first kappa shape index (κ1) is 28.4. The molecule has 1 aliphatic heterocycles. The molecule has 5 rings (SSSR count). The molecule has 212 valence electrons. The summed E-state index contributed by atoms with van der Waals surface area (Å²) in [5.74, 6) is -0.349. The summed E-state index contributed by atoms with van der Waals surface area (Å²) in [4.78, 5) is 40.7. The molecule has 2 bridgehead atoms. The molecule has 3 aliphatic rings. The Kier molecular flexibility index (Phi) is 7.04. The van der Waals surface area contributed by atoms with Crippen LogP contribution in [0.15, 0.2) is 6.33 Å². The summed E-state index contributed by atoms with van der Waals surface area (Å²) >= 11 is 6.26. The minimum Gasteiger partial charge on any atom is -0.387 e. The third-order valence-corrected chi connectivity index (χ3v) is 12.5. The highest BCUT2D eigenvalue weighted by atomic mass is 35.5. The normalized spacial score (nSPS) is 36.1. The van der Waals surface area contributed by atoms with E-state index in [4.69, 9.17) is 30.6 Å². The molecule has 17 heteroatoms. The Labute approximate surface area is 223 Å². The second kappa shape index (κ2) is 9.44. The third kappa shape index (κ3) is 4.83. The highest BCUT2D eigenvalue weighted by Gasteiger charge is 2.61. The van der Waals surface area contributed by atoms with Crippen molar-refractivity contribution in [3.63, 3.8) is 0 Å². The van der Waals surface area contributed by atoms with Gasteiger partial charge in [0.25, 0.3) is 0 Å². The number of halogens is 1. The van der Waals surface area contributed by atoms with Crippen LogP contribution in [0.25, 0.3) is 11.2 Å². The SMILES string of the molecule is CC1(C)[C@@H]2CC[C@@]1(C)C(Nc1nc(Cl)nc3c1ncn3[C@@H]1O[C@H](COP(=O)(O)CP(=O)(O)O)C(O)[C@@H]1O)C2. The quantitative estimate of drug-likeness (QED) is 0.191. The van der Waals surface area contributed by atoms with Crippen LogP contribution in [0.4, 0.5) is 5.82 Å². The van der Waals surface area contributed by atoms with Gasteiger partial charge in [0.05, 0.1) is 12.9 Å². The van der Waals surface area contributed by atoms with Gasteiger partial charge in [-0.2, -0.15) is 9.97 Å². The van der Waals surface area contributed by atoms with Gasteiger partial charge < -0.3 is 39.5 Å². The number of ether oxygens (including phenoxy) is 1. The van der Waals surface area contributed by atoms with Gasteiger partial charge in [-0.3, -0.25) is 13.7 Å². The van der Waals surface area contributed by atoms with Gasteiger partial charge in [-0.25, -0.2) is 4.98 Å². The van der Waals surface area contributed by atoms with Gasteiger partial charge in [0.15, 0.2) is 29.1 Å². The molecule has 2 aliphatic carbocycles. The van der Waals surface area contributed by atoms with Gasteiger partial charge in [0, 0.05) is 6.04 Å². The number of hydrogen-bond donors (Lipinski definition) is 6. The molecule has 14 nitrogen and oxygen atoms in total. The monoisotopic (exact) mass is 595 g/mol. The molecule has 0 aromatic carbocycles. The smallest absolute Gasteiger partial charge is 0.340 e. The van der Waals surface area contributed by atoms with Crippen molar-refractivity contribution in [1.82, 2.24) is 19.5 Å². The van der Waals surface area contributed by atoms with Crippen LogP contribution in [0.3, 0.4) is 0 Å². The van der Waals surface area contributed by atoms with Gasteiger partial charge >= 0.3 is 15.2 Å². The van der Waals surface area contributed by atoms with Crippen LogP contribution in [0.5, 0.6) is 0 Å². The van der Waals surface area contributed by atoms with E-state index in [-0.39, 0.29) is 27.8 Å². The second-order valence-corrected chi connectivity index (χ2v) is 15.6. The van der Waals surface area contributed by atoms with Crippen molar-refractivity contribution >= 4 is 43.8 Å². The lowest BCUT2D eigenvalue weighted by atomic mass is 9.69. The molecule has 2 aromatic heterocycles. The zero-order valence-corrected chi connectivity index (χ0v) is 23.6. The Balaban J connectivity index is 1.37. The minimum atomic E-state index is -4.83. The van der Waals surface area contributed by atoms with E-state index in [0.717, 1.165) is 12.8 Å². The average Bonchev–Trinajstić information content (AvgIpc) is 3.44. The lowest BCUT2D eigenvalue weighted by molar-refractivity contribution is -0.0483. The molecule has 8 atom stereocenters. The lowest BCUT2D eigenvalue weighted by Crippen LogP contribution is -2.40. The molecule has 2 saturated carbocycles. The Hall–Kier alpha value is -1.18. The minimum absolute atomic E-state index is 0.0536. The number of aliphatic hydroxyl groups excluding tert-OH is 2. The number of hydrogen-bond acceptors (Lipinski definition) is 10. The number of anilines is 1. The van der Waals surface area contributed by atoms with E-state index in [1.807, 2.05) is 0 Å². The van der Waals surface area contributed by atoms with Crippen LogP contribution in [-0.2, 0) is 18.4 Å². The molecule has 0 radical (unpaired) electrons. The predicted molar refractivity (Wildman–Crippen MR) is 136 cm³/mol. The third-order valence-electron chi connectivity index (χ3n) is 8.91. The highest BCUT2D eigenvalue weighted by Crippen LogP contribution is 2.66. The first-order valence-electron chi connectivity index (χ1n) is 12.2. The van der Waals surface area contributed by atoms with Gasteiger partial charge in [-0.15, -0.1) is 0 Å². The summed E-state index contributed by atoms with van der Waals surface area (Å²) in [5, 5.41) is 24.6. The van der Waals surface area contributed by atoms with Crippen LogP contribution in [0.1, 0.15) is 46.3 Å². The number of nitrogens with zero attached hydrogens (tertiary/aromatic N) is 4. The van der Waals surface area contributed by atoms with Crippen LogP contribution in [0, 0.1) is 16.7 Å². The van der Waals surface area contributed by atoms with Gasteiger partial charge in [-0.05, 0) is 47.6 Å². The molecular weight excluding hydrogens is 564 g/mol. The summed E-state index contributed by atoms with van der Waals surface area (Å²) in [6.45, 7) is 6.19. The maximum Gasteiger partial charge on any atom is 0.340 e. The number of aromatic nitrogens is 4. The topological polar surface area (TPSA) is 209 Å². The zero-order chi connectivity index (χ0) is 27.8. The summed E-state index contributed by atoms with van der Waals surface area (Å²) < 4.78 is 34.9. The summed E-state index contributed by atoms with van der Waals surface area (Å²) in [5.41, 5.74) is 0.855. The fourth-order valence-electron chi connectivity index (χ4n) is 6.32. The molecule has 3 heterocycles. The number of aliphatic hydroxyl groups is 2. The molecule has 0 spiro atoms. The second-order valence-electron chi connectivity index (χ2n) is 11.3. The fraction of sp³-hybridized carbons (Fsp3) is 0.762. The largest absolute Gasteiger partial charge is 0.387 e. The first-order chi connectivity index (χ1) is 17.5. The molecule has 1 saturated heterocycles. The van der Waals surface area contributed by atoms with Crippen molar-refractivity contribution in [2.45, 2.75) is 70.6 Å². The molecule has 0 amide bonds. The number of fused-ring (bicyclic) bond motifs is 3. The highest BCUT2D eigenvalue weighted by molar-refractivity contribution is 7.70. The van der Waals surface area contributed by atoms with E-state index in [9.17, 15) is 24.2 Å². The van der Waals surface area contributed by atoms with Crippen LogP contribution >= 0.6 is 26.8 Å². The molecule has 6 N–H and O–H groups in total. The Morgan fingerprint density at radius 1 is 1.21 bits per heavy atom. The van der Waals surface area contributed by atoms with Crippen molar-refractivity contribution in [3.05, 3.63) is 11.6 Å². The van der Waals surface area contributed by atoms with E-state index in [0.29, 0.717) is 17.3 Å². The summed E-state index contributed by atoms with van der Waals surface area (Å²) in [7, 11) is -9.51. The van der Waals surface area contributed by atoms with Crippen molar-refractivity contribution in [2.75, 3.05) is 17.8 Å². The van der Waals surface area contributed by atoms with Crippen molar-refractivity contribution in [3.8, 4) is 0 Å². The Morgan fingerprint density at radius 2 is 1.92 bits per heavy atom. The van der Waals surface area contributed by atoms with Gasteiger partial charge in [0.1, 0.15) is 18.3 Å². The Bertz CT molecular complexity index is 1340. The van der Waals surface area contributed by atoms with Crippen LogP contribution in [0.2, 0.25) is 5.28 Å². The van der Waals surface area contributed by atoms with E-state index >= 15 is 0 Å². The number of nitrogens with one attached hydrogen (secondary N) is 1. The fourth-order valence-corrected chi connectivity index (χ4v) is 9.06. The molecule has 3 fully saturated rings. The number of imidazole rings is 1.